The summed E-state index contributed by atoms with van der Waals surface area (Å²) >= 11 is 0. The lowest BCUT2D eigenvalue weighted by atomic mass is 9.95. The lowest BCUT2D eigenvalue weighted by Crippen LogP contribution is -2.58. The normalized spacial score (nSPS) is 19.6. The summed E-state index contributed by atoms with van der Waals surface area (Å²) in [6, 6.07) is 7.49. The van der Waals surface area contributed by atoms with Crippen LogP contribution in [0.3, 0.4) is 0 Å². The van der Waals surface area contributed by atoms with Crippen molar-refractivity contribution in [2.45, 2.75) is 25.8 Å². The molecule has 1 fully saturated rings. The van der Waals surface area contributed by atoms with Gasteiger partial charge >= 0.3 is 6.03 Å². The molecule has 0 saturated carbocycles. The molecule has 1 aromatic carbocycles. The topological polar surface area (TPSA) is 49.6 Å². The van der Waals surface area contributed by atoms with E-state index in [0.29, 0.717) is 5.69 Å². The van der Waals surface area contributed by atoms with Crippen LogP contribution in [-0.2, 0) is 0 Å². The summed E-state index contributed by atoms with van der Waals surface area (Å²) in [6.45, 7) is 4.99. The smallest absolute Gasteiger partial charge is 0.324 e. The summed E-state index contributed by atoms with van der Waals surface area (Å²) in [4.78, 5) is 15.8. The van der Waals surface area contributed by atoms with Crippen molar-refractivity contribution >= 4 is 17.4 Å². The molecule has 1 aliphatic rings. The fraction of sp³-hybridized carbons (Fsp3) is 0.462. The van der Waals surface area contributed by atoms with Crippen molar-refractivity contribution in [1.82, 2.24) is 4.90 Å². The van der Waals surface area contributed by atoms with E-state index in [-0.39, 0.29) is 11.6 Å². The highest BCUT2D eigenvalue weighted by Gasteiger charge is 2.38. The Morgan fingerprint density at radius 1 is 1.24 bits per heavy atom. The quantitative estimate of drug-likeness (QED) is 0.757. The van der Waals surface area contributed by atoms with Crippen molar-refractivity contribution in [2.24, 2.45) is 0 Å². The number of hydrogen-bond donors (Lipinski definition) is 1. The third kappa shape index (κ3) is 2.07. The highest BCUT2D eigenvalue weighted by Crippen LogP contribution is 2.31. The molecule has 92 valence electrons. The van der Waals surface area contributed by atoms with Crippen LogP contribution in [0.4, 0.5) is 16.2 Å². The molecule has 1 heterocycles. The second-order valence-electron chi connectivity index (χ2n) is 5.19. The first kappa shape index (κ1) is 11.8. The van der Waals surface area contributed by atoms with Gasteiger partial charge in [0.1, 0.15) is 0 Å². The number of benzene rings is 1. The van der Waals surface area contributed by atoms with E-state index in [4.69, 9.17) is 5.73 Å². The van der Waals surface area contributed by atoms with Crippen LogP contribution >= 0.6 is 0 Å². The molecule has 1 saturated heterocycles. The van der Waals surface area contributed by atoms with E-state index in [9.17, 15) is 4.79 Å². The minimum absolute atomic E-state index is 0.0472. The Bertz CT molecular complexity index is 425. The van der Waals surface area contributed by atoms with Crippen LogP contribution in [0.2, 0.25) is 0 Å². The Morgan fingerprint density at radius 3 is 2.41 bits per heavy atom. The van der Waals surface area contributed by atoms with Crippen LogP contribution in [0.15, 0.2) is 24.3 Å². The molecule has 17 heavy (non-hydrogen) atoms. The van der Waals surface area contributed by atoms with Gasteiger partial charge in [-0.05, 0) is 44.5 Å². The van der Waals surface area contributed by atoms with Crippen LogP contribution in [0.25, 0.3) is 0 Å². The predicted molar refractivity (Wildman–Crippen MR) is 70.1 cm³/mol. The molecule has 0 spiro atoms. The minimum atomic E-state index is -0.153. The highest BCUT2D eigenvalue weighted by molar-refractivity contribution is 5.94. The molecule has 0 aromatic heterocycles. The van der Waals surface area contributed by atoms with Crippen LogP contribution in [-0.4, -0.2) is 30.1 Å². The summed E-state index contributed by atoms with van der Waals surface area (Å²) in [5.74, 6) is 0. The number of nitrogens with zero attached hydrogens (tertiary/aromatic N) is 2. The van der Waals surface area contributed by atoms with Crippen molar-refractivity contribution in [3.05, 3.63) is 24.3 Å². The molecule has 0 bridgehead atoms. The molecule has 0 atom stereocenters. The van der Waals surface area contributed by atoms with Crippen molar-refractivity contribution in [3.63, 3.8) is 0 Å². The second-order valence-corrected chi connectivity index (χ2v) is 5.19. The van der Waals surface area contributed by atoms with Gasteiger partial charge in [0.05, 0.1) is 0 Å². The fourth-order valence-corrected chi connectivity index (χ4v) is 2.16. The summed E-state index contributed by atoms with van der Waals surface area (Å²) in [5.41, 5.74) is 7.13. The van der Waals surface area contributed by atoms with Gasteiger partial charge in [0.25, 0.3) is 0 Å². The molecule has 4 nitrogen and oxygen atoms in total. The average molecular weight is 233 g/mol. The van der Waals surface area contributed by atoms with E-state index in [1.165, 1.54) is 0 Å². The van der Waals surface area contributed by atoms with Crippen molar-refractivity contribution in [1.29, 1.82) is 0 Å². The zero-order valence-electron chi connectivity index (χ0n) is 10.6. The highest BCUT2D eigenvalue weighted by atomic mass is 16.2. The maximum absolute atomic E-state index is 12.2. The molecule has 0 radical (unpaired) electrons. The molecule has 2 amide bonds. The van der Waals surface area contributed by atoms with Gasteiger partial charge in [-0.1, -0.05) is 0 Å². The van der Waals surface area contributed by atoms with Gasteiger partial charge in [0.2, 0.25) is 0 Å². The number of anilines is 2. The number of nitrogen functional groups attached to an aromatic ring is 1. The van der Waals surface area contributed by atoms with E-state index in [1.807, 2.05) is 36.2 Å². The zero-order chi connectivity index (χ0) is 12.6. The number of urea groups is 1. The first-order chi connectivity index (χ1) is 7.92. The SMILES string of the molecule is CN1CCC(C)(C)N(c2ccc(N)cc2)C1=O. The van der Waals surface area contributed by atoms with E-state index in [2.05, 4.69) is 13.8 Å². The Hall–Kier alpha value is -1.71. The number of rotatable bonds is 1. The Morgan fingerprint density at radius 2 is 1.82 bits per heavy atom. The molecule has 4 heteroatoms. The summed E-state index contributed by atoms with van der Waals surface area (Å²) in [5, 5.41) is 0. The standard InChI is InChI=1S/C13H19N3O/c1-13(2)8-9-15(3)12(17)16(13)11-6-4-10(14)5-7-11/h4-7H,8-9,14H2,1-3H3. The van der Waals surface area contributed by atoms with Crippen molar-refractivity contribution < 1.29 is 4.79 Å². The molecule has 0 aliphatic carbocycles. The maximum atomic E-state index is 12.2. The number of hydrogen-bond acceptors (Lipinski definition) is 2. The Kier molecular flexibility index (Phi) is 2.73. The largest absolute Gasteiger partial charge is 0.399 e. The van der Waals surface area contributed by atoms with Crippen LogP contribution in [0, 0.1) is 0 Å². The van der Waals surface area contributed by atoms with Gasteiger partial charge in [-0.15, -0.1) is 0 Å². The number of carbonyl (C=O) groups is 1. The number of nitrogens with two attached hydrogens (primary N) is 1. The van der Waals surface area contributed by atoms with Crippen molar-refractivity contribution in [3.8, 4) is 0 Å². The van der Waals surface area contributed by atoms with Gasteiger partial charge in [-0.3, -0.25) is 4.90 Å². The lowest BCUT2D eigenvalue weighted by Gasteiger charge is -2.45. The predicted octanol–water partition coefficient (Wildman–Crippen LogP) is 2.31. The van der Waals surface area contributed by atoms with Gasteiger partial charge < -0.3 is 10.6 Å². The molecular weight excluding hydrogens is 214 g/mol. The lowest BCUT2D eigenvalue weighted by molar-refractivity contribution is 0.187. The van der Waals surface area contributed by atoms with Crippen LogP contribution < -0.4 is 10.6 Å². The molecule has 2 rings (SSSR count). The molecule has 1 aromatic rings. The first-order valence-corrected chi connectivity index (χ1v) is 5.83. The van der Waals surface area contributed by atoms with Gasteiger partial charge in [-0.25, -0.2) is 4.79 Å². The van der Waals surface area contributed by atoms with E-state index in [0.717, 1.165) is 18.7 Å². The monoisotopic (exact) mass is 233 g/mol. The molecule has 0 unspecified atom stereocenters. The minimum Gasteiger partial charge on any atom is -0.399 e. The zero-order valence-corrected chi connectivity index (χ0v) is 10.6. The van der Waals surface area contributed by atoms with E-state index < -0.39 is 0 Å². The van der Waals surface area contributed by atoms with Crippen molar-refractivity contribution in [2.75, 3.05) is 24.2 Å². The summed E-state index contributed by atoms with van der Waals surface area (Å²) < 4.78 is 0. The number of amides is 2. The Labute approximate surface area is 102 Å². The van der Waals surface area contributed by atoms with Gasteiger partial charge in [-0.2, -0.15) is 0 Å². The number of carbonyl (C=O) groups excluding carboxylic acids is 1. The third-order valence-corrected chi connectivity index (χ3v) is 3.33. The Balaban J connectivity index is 2.39. The van der Waals surface area contributed by atoms with E-state index >= 15 is 0 Å². The third-order valence-electron chi connectivity index (χ3n) is 3.33. The molecule has 2 N–H and O–H groups in total. The van der Waals surface area contributed by atoms with Crippen LogP contribution in [0.5, 0.6) is 0 Å². The van der Waals surface area contributed by atoms with Gasteiger partial charge in [0, 0.05) is 30.5 Å². The van der Waals surface area contributed by atoms with E-state index in [1.54, 1.807) is 4.90 Å². The molecule has 1 aliphatic heterocycles. The van der Waals surface area contributed by atoms with Gasteiger partial charge in [0.15, 0.2) is 0 Å². The maximum Gasteiger partial charge on any atom is 0.324 e. The molecular formula is C13H19N3O. The average Bonchev–Trinajstić information content (AvgIpc) is 2.27. The first-order valence-electron chi connectivity index (χ1n) is 5.83. The fourth-order valence-electron chi connectivity index (χ4n) is 2.16. The second kappa shape index (κ2) is 3.95. The summed E-state index contributed by atoms with van der Waals surface area (Å²) in [7, 11) is 1.84. The summed E-state index contributed by atoms with van der Waals surface area (Å²) in [6.07, 6.45) is 0.958. The van der Waals surface area contributed by atoms with Crippen LogP contribution in [0.1, 0.15) is 20.3 Å².